The molecule has 0 unspecified atom stereocenters. The average molecular weight is 290 g/mol. The van der Waals surface area contributed by atoms with Crippen molar-refractivity contribution in [2.75, 3.05) is 18.5 Å². The summed E-state index contributed by atoms with van der Waals surface area (Å²) in [6, 6.07) is 3.92. The standard InChI is InChI=1S/C14H18N4OS/c1-3-17(10-11-5-4-7-19-11)13-12(9-15-2)18-6-8-20-14(18)16-13/h4-8,15H,3,9-10H2,1-2H3. The molecule has 0 saturated carbocycles. The first-order chi connectivity index (χ1) is 9.83. The third-order valence-electron chi connectivity index (χ3n) is 3.29. The van der Waals surface area contributed by atoms with Crippen molar-refractivity contribution in [3.63, 3.8) is 0 Å². The summed E-state index contributed by atoms with van der Waals surface area (Å²) in [6.45, 7) is 4.56. The third kappa shape index (κ3) is 2.32. The number of anilines is 1. The number of hydrogen-bond acceptors (Lipinski definition) is 5. The largest absolute Gasteiger partial charge is 0.467 e. The fraction of sp³-hybridized carbons (Fsp3) is 0.357. The second kappa shape index (κ2) is 5.68. The van der Waals surface area contributed by atoms with Gasteiger partial charge in [-0.1, -0.05) is 0 Å². The summed E-state index contributed by atoms with van der Waals surface area (Å²) in [7, 11) is 1.96. The van der Waals surface area contributed by atoms with E-state index in [1.54, 1.807) is 17.6 Å². The van der Waals surface area contributed by atoms with Crippen LogP contribution in [0, 0.1) is 0 Å². The van der Waals surface area contributed by atoms with Crippen LogP contribution < -0.4 is 10.2 Å². The highest BCUT2D eigenvalue weighted by Crippen LogP contribution is 2.26. The second-order valence-electron chi connectivity index (χ2n) is 4.56. The molecule has 0 fully saturated rings. The van der Waals surface area contributed by atoms with E-state index >= 15 is 0 Å². The van der Waals surface area contributed by atoms with E-state index in [1.165, 1.54) is 5.69 Å². The Morgan fingerprint density at radius 3 is 3.10 bits per heavy atom. The Balaban J connectivity index is 1.97. The van der Waals surface area contributed by atoms with Crippen molar-refractivity contribution in [2.24, 2.45) is 0 Å². The van der Waals surface area contributed by atoms with E-state index < -0.39 is 0 Å². The normalized spacial score (nSPS) is 11.3. The van der Waals surface area contributed by atoms with Crippen LogP contribution in [0.2, 0.25) is 0 Å². The van der Waals surface area contributed by atoms with Crippen LogP contribution in [0.1, 0.15) is 18.4 Å². The molecule has 0 atom stereocenters. The molecule has 5 nitrogen and oxygen atoms in total. The summed E-state index contributed by atoms with van der Waals surface area (Å²) in [6.07, 6.45) is 3.79. The van der Waals surface area contributed by atoms with Gasteiger partial charge in [-0.05, 0) is 26.1 Å². The van der Waals surface area contributed by atoms with E-state index in [4.69, 9.17) is 9.40 Å². The van der Waals surface area contributed by atoms with Crippen molar-refractivity contribution in [1.82, 2.24) is 14.7 Å². The zero-order valence-corrected chi connectivity index (χ0v) is 12.5. The topological polar surface area (TPSA) is 45.7 Å². The van der Waals surface area contributed by atoms with Crippen molar-refractivity contribution in [3.05, 3.63) is 41.4 Å². The second-order valence-corrected chi connectivity index (χ2v) is 5.43. The van der Waals surface area contributed by atoms with Crippen molar-refractivity contribution in [3.8, 4) is 0 Å². The maximum atomic E-state index is 5.45. The molecular weight excluding hydrogens is 272 g/mol. The number of imidazole rings is 1. The van der Waals surface area contributed by atoms with Crippen LogP contribution in [0.15, 0.2) is 34.4 Å². The summed E-state index contributed by atoms with van der Waals surface area (Å²) in [5.41, 5.74) is 1.19. The molecule has 106 valence electrons. The van der Waals surface area contributed by atoms with Crippen molar-refractivity contribution >= 4 is 22.1 Å². The first kappa shape index (κ1) is 13.2. The first-order valence-electron chi connectivity index (χ1n) is 6.69. The van der Waals surface area contributed by atoms with Crippen LogP contribution in [0.25, 0.3) is 4.96 Å². The highest BCUT2D eigenvalue weighted by molar-refractivity contribution is 7.15. The van der Waals surface area contributed by atoms with Crippen LogP contribution in [0.3, 0.4) is 0 Å². The molecule has 1 N–H and O–H groups in total. The molecule has 3 rings (SSSR count). The van der Waals surface area contributed by atoms with E-state index in [1.807, 2.05) is 19.2 Å². The molecule has 6 heteroatoms. The van der Waals surface area contributed by atoms with Crippen LogP contribution in [-0.2, 0) is 13.1 Å². The Morgan fingerprint density at radius 2 is 2.40 bits per heavy atom. The van der Waals surface area contributed by atoms with E-state index in [0.29, 0.717) is 0 Å². The molecule has 0 amide bonds. The Hall–Kier alpha value is -1.79. The number of rotatable bonds is 6. The van der Waals surface area contributed by atoms with Gasteiger partial charge in [0.15, 0.2) is 10.8 Å². The molecule has 0 aliphatic heterocycles. The minimum atomic E-state index is 0.741. The lowest BCUT2D eigenvalue weighted by atomic mass is 10.3. The lowest BCUT2D eigenvalue weighted by molar-refractivity contribution is 0.502. The molecule has 0 radical (unpaired) electrons. The highest BCUT2D eigenvalue weighted by atomic mass is 32.1. The maximum absolute atomic E-state index is 5.45. The Morgan fingerprint density at radius 1 is 1.50 bits per heavy atom. The molecule has 0 aliphatic carbocycles. The predicted octanol–water partition coefficient (Wildman–Crippen LogP) is 2.73. The molecule has 20 heavy (non-hydrogen) atoms. The number of aromatic nitrogens is 2. The van der Waals surface area contributed by atoms with Crippen LogP contribution >= 0.6 is 11.3 Å². The Bertz CT molecular complexity index is 671. The predicted molar refractivity (Wildman–Crippen MR) is 81.3 cm³/mol. The minimum Gasteiger partial charge on any atom is -0.467 e. The quantitative estimate of drug-likeness (QED) is 0.758. The van der Waals surface area contributed by atoms with Crippen LogP contribution in [0.4, 0.5) is 5.82 Å². The SMILES string of the molecule is CCN(Cc1ccco1)c1nc2sccn2c1CNC. The average Bonchev–Trinajstić information content (AvgIpc) is 3.14. The van der Waals surface area contributed by atoms with Gasteiger partial charge >= 0.3 is 0 Å². The summed E-state index contributed by atoms with van der Waals surface area (Å²) in [4.78, 5) is 8.04. The zero-order chi connectivity index (χ0) is 13.9. The van der Waals surface area contributed by atoms with E-state index in [-0.39, 0.29) is 0 Å². The number of furan rings is 1. The Kier molecular flexibility index (Phi) is 3.75. The van der Waals surface area contributed by atoms with Crippen molar-refractivity contribution in [1.29, 1.82) is 0 Å². The van der Waals surface area contributed by atoms with Gasteiger partial charge in [0, 0.05) is 24.7 Å². The monoisotopic (exact) mass is 290 g/mol. The van der Waals surface area contributed by atoms with E-state index in [0.717, 1.165) is 36.2 Å². The van der Waals surface area contributed by atoms with Crippen LogP contribution in [0.5, 0.6) is 0 Å². The fourth-order valence-electron chi connectivity index (χ4n) is 2.33. The molecule has 0 spiro atoms. The lowest BCUT2D eigenvalue weighted by Gasteiger charge is -2.20. The molecule has 0 bridgehead atoms. The van der Waals surface area contributed by atoms with Gasteiger partial charge in [-0.25, -0.2) is 4.98 Å². The van der Waals surface area contributed by atoms with Gasteiger partial charge in [0.25, 0.3) is 0 Å². The van der Waals surface area contributed by atoms with Crippen LogP contribution in [-0.4, -0.2) is 23.0 Å². The zero-order valence-electron chi connectivity index (χ0n) is 11.7. The van der Waals surface area contributed by atoms with Gasteiger partial charge in [-0.3, -0.25) is 4.40 Å². The van der Waals surface area contributed by atoms with Gasteiger partial charge < -0.3 is 14.6 Å². The molecule has 3 heterocycles. The number of nitrogens with one attached hydrogen (secondary N) is 1. The summed E-state index contributed by atoms with van der Waals surface area (Å²) >= 11 is 1.66. The van der Waals surface area contributed by atoms with Crippen molar-refractivity contribution < 1.29 is 4.42 Å². The highest BCUT2D eigenvalue weighted by Gasteiger charge is 2.18. The van der Waals surface area contributed by atoms with Gasteiger partial charge in [-0.2, -0.15) is 0 Å². The lowest BCUT2D eigenvalue weighted by Crippen LogP contribution is -2.24. The summed E-state index contributed by atoms with van der Waals surface area (Å²) in [5, 5.41) is 5.29. The van der Waals surface area contributed by atoms with Gasteiger partial charge in [0.05, 0.1) is 18.5 Å². The minimum absolute atomic E-state index is 0.741. The molecule has 3 aromatic heterocycles. The van der Waals surface area contributed by atoms with Crippen molar-refractivity contribution in [2.45, 2.75) is 20.0 Å². The molecule has 0 aliphatic rings. The molecule has 0 aromatic carbocycles. The summed E-state index contributed by atoms with van der Waals surface area (Å²) < 4.78 is 7.61. The van der Waals surface area contributed by atoms with Gasteiger partial charge in [0.2, 0.25) is 0 Å². The van der Waals surface area contributed by atoms with E-state index in [2.05, 4.69) is 33.1 Å². The maximum Gasteiger partial charge on any atom is 0.195 e. The number of nitrogens with zero attached hydrogens (tertiary/aromatic N) is 3. The molecule has 3 aromatic rings. The smallest absolute Gasteiger partial charge is 0.195 e. The van der Waals surface area contributed by atoms with Gasteiger partial charge in [-0.15, -0.1) is 11.3 Å². The molecule has 0 saturated heterocycles. The number of hydrogen-bond donors (Lipinski definition) is 1. The summed E-state index contributed by atoms with van der Waals surface area (Å²) in [5.74, 6) is 1.99. The first-order valence-corrected chi connectivity index (χ1v) is 7.57. The molecular formula is C14H18N4OS. The number of thiazole rings is 1. The third-order valence-corrected chi connectivity index (χ3v) is 4.05. The fourth-order valence-corrected chi connectivity index (χ4v) is 3.06. The van der Waals surface area contributed by atoms with E-state index in [9.17, 15) is 0 Å². The number of fused-ring (bicyclic) bond motifs is 1. The van der Waals surface area contributed by atoms with Gasteiger partial charge in [0.1, 0.15) is 5.76 Å². The Labute approximate surface area is 121 Å².